The fourth-order valence-corrected chi connectivity index (χ4v) is 3.57. The maximum Gasteiger partial charge on any atom is 0.312 e. The van der Waals surface area contributed by atoms with E-state index in [4.69, 9.17) is 18.9 Å². The van der Waals surface area contributed by atoms with Gasteiger partial charge in [-0.3, -0.25) is 9.89 Å². The molecule has 2 aromatic carbocycles. The van der Waals surface area contributed by atoms with Gasteiger partial charge in [-0.15, -0.1) is 0 Å². The maximum absolute atomic E-state index is 12.2. The van der Waals surface area contributed by atoms with Gasteiger partial charge in [-0.05, 0) is 30.3 Å². The van der Waals surface area contributed by atoms with Gasteiger partial charge in [0.15, 0.2) is 11.5 Å². The van der Waals surface area contributed by atoms with Crippen molar-refractivity contribution in [3.8, 4) is 34.3 Å². The van der Waals surface area contributed by atoms with E-state index in [0.717, 1.165) is 28.1 Å². The topological polar surface area (TPSA) is 82.7 Å². The molecule has 2 aliphatic rings. The first-order valence-electron chi connectivity index (χ1n) is 8.55. The van der Waals surface area contributed by atoms with Crippen LogP contribution in [0, 0.1) is 0 Å². The zero-order chi connectivity index (χ0) is 18.4. The molecule has 0 amide bonds. The minimum atomic E-state index is -0.284. The molecule has 136 valence electrons. The molecule has 3 aromatic rings. The van der Waals surface area contributed by atoms with Crippen LogP contribution in [-0.4, -0.2) is 30.1 Å². The second-order valence-electron chi connectivity index (χ2n) is 6.40. The molecule has 0 radical (unpaired) electrons. The van der Waals surface area contributed by atoms with Gasteiger partial charge < -0.3 is 18.9 Å². The van der Waals surface area contributed by atoms with Crippen LogP contribution in [-0.2, 0) is 4.79 Å². The third-order valence-electron chi connectivity index (χ3n) is 4.90. The van der Waals surface area contributed by atoms with E-state index in [2.05, 4.69) is 10.2 Å². The van der Waals surface area contributed by atoms with Crippen LogP contribution in [0.2, 0.25) is 0 Å². The Balaban J connectivity index is 1.60. The van der Waals surface area contributed by atoms with Crippen LogP contribution in [0.3, 0.4) is 0 Å². The third kappa shape index (κ3) is 2.59. The van der Waals surface area contributed by atoms with Gasteiger partial charge in [0.25, 0.3) is 0 Å². The number of aromatic nitrogens is 2. The minimum Gasteiger partial charge on any atom is -0.497 e. The average molecular weight is 364 g/mol. The van der Waals surface area contributed by atoms with E-state index in [0.29, 0.717) is 17.2 Å². The highest BCUT2D eigenvalue weighted by molar-refractivity contribution is 5.80. The fourth-order valence-electron chi connectivity index (χ4n) is 3.57. The Morgan fingerprint density at radius 1 is 1.07 bits per heavy atom. The Kier molecular flexibility index (Phi) is 3.53. The highest BCUT2D eigenvalue weighted by atomic mass is 16.7. The quantitative estimate of drug-likeness (QED) is 0.567. The van der Waals surface area contributed by atoms with E-state index >= 15 is 0 Å². The van der Waals surface area contributed by atoms with Gasteiger partial charge in [-0.25, -0.2) is 0 Å². The molecule has 27 heavy (non-hydrogen) atoms. The van der Waals surface area contributed by atoms with Crippen molar-refractivity contribution in [1.29, 1.82) is 0 Å². The first-order valence-corrected chi connectivity index (χ1v) is 8.55. The number of rotatable bonds is 3. The first kappa shape index (κ1) is 15.7. The van der Waals surface area contributed by atoms with Crippen molar-refractivity contribution in [3.63, 3.8) is 0 Å². The van der Waals surface area contributed by atoms with Crippen molar-refractivity contribution in [3.05, 3.63) is 53.7 Å². The zero-order valence-electron chi connectivity index (χ0n) is 14.5. The summed E-state index contributed by atoms with van der Waals surface area (Å²) in [6.45, 7) is 0.166. The van der Waals surface area contributed by atoms with Gasteiger partial charge in [0, 0.05) is 28.7 Å². The maximum atomic E-state index is 12.2. The number of carbonyl (C=O) groups is 1. The summed E-state index contributed by atoms with van der Waals surface area (Å²) < 4.78 is 21.6. The molecule has 0 spiro atoms. The number of methoxy groups -OCH3 is 1. The van der Waals surface area contributed by atoms with Gasteiger partial charge in [-0.2, -0.15) is 5.10 Å². The Bertz CT molecular complexity index is 1030. The van der Waals surface area contributed by atoms with Gasteiger partial charge in [0.1, 0.15) is 11.5 Å². The Labute approximate surface area is 154 Å². The van der Waals surface area contributed by atoms with Crippen LogP contribution in [0.1, 0.15) is 23.5 Å². The molecule has 1 N–H and O–H groups in total. The molecule has 0 unspecified atom stereocenters. The number of nitrogens with zero attached hydrogens (tertiary/aromatic N) is 1. The summed E-state index contributed by atoms with van der Waals surface area (Å²) in [7, 11) is 1.63. The predicted octanol–water partition coefficient (Wildman–Crippen LogP) is 3.26. The number of carbonyl (C=O) groups excluding carboxylic acids is 1. The van der Waals surface area contributed by atoms with Crippen LogP contribution in [0.5, 0.6) is 23.0 Å². The SMILES string of the molecule is COc1ccc(-c2[nH]ncc2[C@H]2CC(=O)Oc3cc4c(cc32)OCO4)cc1. The monoisotopic (exact) mass is 364 g/mol. The van der Waals surface area contributed by atoms with E-state index in [1.165, 1.54) is 0 Å². The van der Waals surface area contributed by atoms with Crippen LogP contribution in [0.25, 0.3) is 11.3 Å². The number of hydrogen-bond acceptors (Lipinski definition) is 6. The molecule has 3 heterocycles. The third-order valence-corrected chi connectivity index (χ3v) is 4.90. The lowest BCUT2D eigenvalue weighted by Crippen LogP contribution is -2.21. The van der Waals surface area contributed by atoms with Crippen molar-refractivity contribution in [2.75, 3.05) is 13.9 Å². The highest BCUT2D eigenvalue weighted by Crippen LogP contribution is 2.47. The van der Waals surface area contributed by atoms with Crippen LogP contribution in [0.15, 0.2) is 42.6 Å². The lowest BCUT2D eigenvalue weighted by atomic mass is 9.85. The smallest absolute Gasteiger partial charge is 0.312 e. The summed E-state index contributed by atoms with van der Waals surface area (Å²) >= 11 is 0. The summed E-state index contributed by atoms with van der Waals surface area (Å²) in [5.74, 6) is 2.05. The Morgan fingerprint density at radius 2 is 1.85 bits per heavy atom. The molecule has 0 saturated carbocycles. The molecule has 0 bridgehead atoms. The summed E-state index contributed by atoms with van der Waals surface area (Å²) in [6.07, 6.45) is 1.99. The molecule has 1 atom stereocenters. The Morgan fingerprint density at radius 3 is 2.63 bits per heavy atom. The summed E-state index contributed by atoms with van der Waals surface area (Å²) in [4.78, 5) is 12.2. The van der Waals surface area contributed by atoms with Crippen molar-refractivity contribution >= 4 is 5.97 Å². The lowest BCUT2D eigenvalue weighted by Gasteiger charge is -2.25. The molecule has 7 heteroatoms. The summed E-state index contributed by atoms with van der Waals surface area (Å²) in [6, 6.07) is 11.3. The number of aromatic amines is 1. The van der Waals surface area contributed by atoms with Gasteiger partial charge in [0.05, 0.1) is 25.4 Å². The summed E-state index contributed by atoms with van der Waals surface area (Å²) in [5.41, 5.74) is 3.64. The van der Waals surface area contributed by atoms with Crippen molar-refractivity contribution in [2.24, 2.45) is 0 Å². The molecule has 0 fully saturated rings. The van der Waals surface area contributed by atoms with Crippen LogP contribution < -0.4 is 18.9 Å². The van der Waals surface area contributed by atoms with Gasteiger partial charge >= 0.3 is 5.97 Å². The number of H-pyrrole nitrogens is 1. The predicted molar refractivity (Wildman–Crippen MR) is 95.2 cm³/mol. The molecule has 5 rings (SSSR count). The number of benzene rings is 2. The number of hydrogen-bond donors (Lipinski definition) is 1. The molecule has 7 nitrogen and oxygen atoms in total. The fraction of sp³-hybridized carbons (Fsp3) is 0.200. The van der Waals surface area contributed by atoms with Gasteiger partial charge in [0.2, 0.25) is 6.79 Å². The van der Waals surface area contributed by atoms with Crippen molar-refractivity contribution in [1.82, 2.24) is 10.2 Å². The Hall–Kier alpha value is -3.48. The van der Waals surface area contributed by atoms with Gasteiger partial charge in [-0.1, -0.05) is 0 Å². The average Bonchev–Trinajstić information content (AvgIpc) is 3.35. The molecule has 2 aliphatic heterocycles. The number of fused-ring (bicyclic) bond motifs is 2. The van der Waals surface area contributed by atoms with E-state index in [9.17, 15) is 4.79 Å². The molecular weight excluding hydrogens is 348 g/mol. The van der Waals surface area contributed by atoms with E-state index < -0.39 is 0 Å². The summed E-state index contributed by atoms with van der Waals surface area (Å²) in [5, 5.41) is 7.28. The number of nitrogens with one attached hydrogen (secondary N) is 1. The second-order valence-corrected chi connectivity index (χ2v) is 6.40. The van der Waals surface area contributed by atoms with E-state index in [1.807, 2.05) is 30.3 Å². The van der Waals surface area contributed by atoms with E-state index in [-0.39, 0.29) is 25.1 Å². The highest BCUT2D eigenvalue weighted by Gasteiger charge is 2.33. The van der Waals surface area contributed by atoms with Crippen LogP contribution in [0.4, 0.5) is 0 Å². The molecule has 0 aliphatic carbocycles. The standard InChI is InChI=1S/C20H16N2O5/c1-24-12-4-2-11(3-5-12)20-15(9-21-22-20)13-7-19(23)27-16-8-18-17(6-14(13)16)25-10-26-18/h2-6,8-9,13H,7,10H2,1H3,(H,21,22)/t13-/m0/s1. The second kappa shape index (κ2) is 6.05. The largest absolute Gasteiger partial charge is 0.497 e. The van der Waals surface area contributed by atoms with E-state index in [1.54, 1.807) is 19.4 Å². The minimum absolute atomic E-state index is 0.166. The zero-order valence-corrected chi connectivity index (χ0v) is 14.5. The van der Waals surface area contributed by atoms with Crippen LogP contribution >= 0.6 is 0 Å². The first-order chi connectivity index (χ1) is 13.2. The number of esters is 1. The van der Waals surface area contributed by atoms with Crippen molar-refractivity contribution < 1.29 is 23.7 Å². The molecule has 1 aromatic heterocycles. The normalized spacial score (nSPS) is 17.4. The van der Waals surface area contributed by atoms with Crippen molar-refractivity contribution in [2.45, 2.75) is 12.3 Å². The molecular formula is C20H16N2O5. The molecule has 0 saturated heterocycles. The number of ether oxygens (including phenoxy) is 4. The lowest BCUT2D eigenvalue weighted by molar-refractivity contribution is -0.135.